The summed E-state index contributed by atoms with van der Waals surface area (Å²) >= 11 is 7.29. The molecule has 0 unspecified atom stereocenters. The fourth-order valence-electron chi connectivity index (χ4n) is 1.87. The van der Waals surface area contributed by atoms with Gasteiger partial charge in [0.15, 0.2) is 11.0 Å². The normalized spacial score (nSPS) is 11.5. The highest BCUT2D eigenvalue weighted by atomic mass is 35.5. The molecule has 0 fully saturated rings. The van der Waals surface area contributed by atoms with Gasteiger partial charge in [-0.25, -0.2) is 0 Å². The molecular weight excluding hydrogens is 346 g/mol. The molecule has 2 rings (SSSR count). The summed E-state index contributed by atoms with van der Waals surface area (Å²) in [5, 5.41) is 27.3. The van der Waals surface area contributed by atoms with Crippen molar-refractivity contribution in [2.24, 2.45) is 13.0 Å². The summed E-state index contributed by atoms with van der Waals surface area (Å²) in [4.78, 5) is 0. The van der Waals surface area contributed by atoms with E-state index in [1.165, 1.54) is 11.8 Å². The first-order valence-electron chi connectivity index (χ1n) is 7.30. The topological polar surface area (TPSA) is 87.5 Å². The molecule has 124 valence electrons. The minimum Gasteiger partial charge on any atom is -0.486 e. The number of nitriles is 2. The van der Waals surface area contributed by atoms with Crippen LogP contribution in [0.4, 0.5) is 0 Å². The fourth-order valence-corrected chi connectivity index (χ4v) is 2.99. The Labute approximate surface area is 150 Å². The van der Waals surface area contributed by atoms with Crippen LogP contribution in [0.15, 0.2) is 29.4 Å². The number of benzene rings is 1. The van der Waals surface area contributed by atoms with Crippen molar-refractivity contribution in [3.05, 3.63) is 35.1 Å². The molecule has 0 aliphatic carbocycles. The third-order valence-electron chi connectivity index (χ3n) is 3.31. The van der Waals surface area contributed by atoms with Gasteiger partial charge >= 0.3 is 0 Å². The van der Waals surface area contributed by atoms with E-state index < -0.39 is 0 Å². The average molecular weight is 362 g/mol. The third kappa shape index (κ3) is 5.16. The van der Waals surface area contributed by atoms with Gasteiger partial charge in [0, 0.05) is 24.2 Å². The zero-order valence-corrected chi connectivity index (χ0v) is 14.7. The number of ether oxygens (including phenoxy) is 1. The second kappa shape index (κ2) is 9.17. The van der Waals surface area contributed by atoms with Gasteiger partial charge in [-0.05, 0) is 30.7 Å². The Hall–Kier alpha value is -2.22. The summed E-state index contributed by atoms with van der Waals surface area (Å²) < 4.78 is 7.51. The van der Waals surface area contributed by atoms with Gasteiger partial charge in [0.05, 0.1) is 18.1 Å². The molecule has 0 aliphatic rings. The summed E-state index contributed by atoms with van der Waals surface area (Å²) in [5.74, 6) is 1.82. The second-order valence-corrected chi connectivity index (χ2v) is 6.46. The van der Waals surface area contributed by atoms with Crippen molar-refractivity contribution < 1.29 is 4.74 Å². The zero-order chi connectivity index (χ0) is 17.4. The van der Waals surface area contributed by atoms with Crippen molar-refractivity contribution >= 4 is 23.4 Å². The number of aromatic nitrogens is 3. The first-order valence-corrected chi connectivity index (χ1v) is 8.66. The SMILES string of the molecule is Cn1c(COc2ccc(Cl)cc2)nnc1SC[C@H](C#N)CCC#N. The third-order valence-corrected chi connectivity index (χ3v) is 4.74. The number of thioether (sulfide) groups is 1. The van der Waals surface area contributed by atoms with Crippen LogP contribution >= 0.6 is 23.4 Å². The summed E-state index contributed by atoms with van der Waals surface area (Å²) in [7, 11) is 1.86. The van der Waals surface area contributed by atoms with E-state index in [4.69, 9.17) is 26.9 Å². The van der Waals surface area contributed by atoms with E-state index in [1.54, 1.807) is 24.3 Å². The van der Waals surface area contributed by atoms with E-state index in [1.807, 2.05) is 11.6 Å². The highest BCUT2D eigenvalue weighted by Crippen LogP contribution is 2.22. The van der Waals surface area contributed by atoms with Gasteiger partial charge in [0.1, 0.15) is 12.4 Å². The molecule has 8 heteroatoms. The van der Waals surface area contributed by atoms with Crippen LogP contribution in [0.25, 0.3) is 0 Å². The van der Waals surface area contributed by atoms with Crippen LogP contribution in [-0.2, 0) is 13.7 Å². The fraction of sp³-hybridized carbons (Fsp3) is 0.375. The monoisotopic (exact) mass is 361 g/mol. The molecule has 1 aromatic heterocycles. The van der Waals surface area contributed by atoms with Crippen LogP contribution in [0.3, 0.4) is 0 Å². The number of hydrogen-bond acceptors (Lipinski definition) is 6. The molecule has 0 saturated heterocycles. The predicted octanol–water partition coefficient (Wildman–Crippen LogP) is 3.58. The molecule has 1 atom stereocenters. The van der Waals surface area contributed by atoms with Gasteiger partial charge in [-0.15, -0.1) is 10.2 Å². The molecule has 0 N–H and O–H groups in total. The zero-order valence-electron chi connectivity index (χ0n) is 13.1. The van der Waals surface area contributed by atoms with Crippen LogP contribution in [-0.4, -0.2) is 20.5 Å². The van der Waals surface area contributed by atoms with Gasteiger partial charge in [-0.1, -0.05) is 23.4 Å². The summed E-state index contributed by atoms with van der Waals surface area (Å²) in [5.41, 5.74) is 0. The summed E-state index contributed by atoms with van der Waals surface area (Å²) in [6.07, 6.45) is 0.960. The van der Waals surface area contributed by atoms with Gasteiger partial charge in [0.25, 0.3) is 0 Å². The van der Waals surface area contributed by atoms with E-state index >= 15 is 0 Å². The average Bonchev–Trinajstić information content (AvgIpc) is 2.95. The van der Waals surface area contributed by atoms with Gasteiger partial charge in [0.2, 0.25) is 0 Å². The quantitative estimate of drug-likeness (QED) is 0.668. The molecule has 0 saturated carbocycles. The minimum atomic E-state index is -0.167. The lowest BCUT2D eigenvalue weighted by Gasteiger charge is -2.08. The predicted molar refractivity (Wildman–Crippen MR) is 91.5 cm³/mol. The highest BCUT2D eigenvalue weighted by molar-refractivity contribution is 7.99. The lowest BCUT2D eigenvalue weighted by atomic mass is 10.1. The van der Waals surface area contributed by atoms with Crippen molar-refractivity contribution in [3.8, 4) is 17.9 Å². The molecule has 0 bridgehead atoms. The summed E-state index contributed by atoms with van der Waals surface area (Å²) in [6, 6.07) is 11.4. The second-order valence-electron chi connectivity index (χ2n) is 5.03. The first-order chi connectivity index (χ1) is 11.6. The molecular formula is C16H16ClN5OS. The Morgan fingerprint density at radius 3 is 2.71 bits per heavy atom. The maximum absolute atomic E-state index is 9.09. The number of rotatable bonds is 8. The number of halogens is 1. The molecule has 0 radical (unpaired) electrons. The van der Waals surface area contributed by atoms with Crippen molar-refractivity contribution in [1.82, 2.24) is 14.8 Å². The Kier molecular flexibility index (Phi) is 6.92. The van der Waals surface area contributed by atoms with E-state index in [0.717, 1.165) is 5.16 Å². The van der Waals surface area contributed by atoms with Crippen molar-refractivity contribution in [1.29, 1.82) is 10.5 Å². The summed E-state index contributed by atoms with van der Waals surface area (Å²) in [6.45, 7) is 0.293. The van der Waals surface area contributed by atoms with Crippen LogP contribution in [0.2, 0.25) is 5.02 Å². The van der Waals surface area contributed by atoms with Crippen LogP contribution in [0.5, 0.6) is 5.75 Å². The van der Waals surface area contributed by atoms with Crippen LogP contribution in [0.1, 0.15) is 18.7 Å². The van der Waals surface area contributed by atoms with Crippen LogP contribution in [0, 0.1) is 28.6 Å². The molecule has 24 heavy (non-hydrogen) atoms. The van der Waals surface area contributed by atoms with Crippen LogP contribution < -0.4 is 4.74 Å². The van der Waals surface area contributed by atoms with E-state index in [9.17, 15) is 0 Å². The number of nitrogens with zero attached hydrogens (tertiary/aromatic N) is 5. The molecule has 2 aromatic rings. The maximum Gasteiger partial charge on any atom is 0.191 e. The largest absolute Gasteiger partial charge is 0.486 e. The van der Waals surface area contributed by atoms with E-state index in [2.05, 4.69) is 22.3 Å². The lowest BCUT2D eigenvalue weighted by molar-refractivity contribution is 0.290. The van der Waals surface area contributed by atoms with E-state index in [-0.39, 0.29) is 5.92 Å². The molecule has 0 spiro atoms. The Bertz CT molecular complexity index is 747. The smallest absolute Gasteiger partial charge is 0.191 e. The van der Waals surface area contributed by atoms with Crippen molar-refractivity contribution in [2.75, 3.05) is 5.75 Å². The van der Waals surface area contributed by atoms with E-state index in [0.29, 0.717) is 41.8 Å². The first kappa shape index (κ1) is 18.1. The maximum atomic E-state index is 9.09. The van der Waals surface area contributed by atoms with Crippen molar-refractivity contribution in [3.63, 3.8) is 0 Å². The Morgan fingerprint density at radius 2 is 2.04 bits per heavy atom. The number of hydrogen-bond donors (Lipinski definition) is 0. The molecule has 1 heterocycles. The van der Waals surface area contributed by atoms with Gasteiger partial charge in [-0.3, -0.25) is 0 Å². The molecule has 6 nitrogen and oxygen atoms in total. The molecule has 1 aromatic carbocycles. The van der Waals surface area contributed by atoms with Crippen molar-refractivity contribution in [2.45, 2.75) is 24.6 Å². The molecule has 0 amide bonds. The van der Waals surface area contributed by atoms with Gasteiger partial charge < -0.3 is 9.30 Å². The highest BCUT2D eigenvalue weighted by Gasteiger charge is 2.13. The lowest BCUT2D eigenvalue weighted by Crippen LogP contribution is -2.05. The standard InChI is InChI=1S/C16H16ClN5OS/c1-22-15(10-23-14-6-4-13(17)5-7-14)20-21-16(22)24-11-12(9-19)3-2-8-18/h4-7,12H,2-3,10-11H2,1H3/t12-/m0/s1. The van der Waals surface area contributed by atoms with Gasteiger partial charge in [-0.2, -0.15) is 10.5 Å². The Balaban J connectivity index is 1.89. The minimum absolute atomic E-state index is 0.167. The Morgan fingerprint density at radius 1 is 1.29 bits per heavy atom. The molecule has 0 aliphatic heterocycles.